The smallest absolute Gasteiger partial charge is 0.321 e. The molecule has 1 fully saturated rings. The van der Waals surface area contributed by atoms with Crippen molar-refractivity contribution in [1.82, 2.24) is 4.90 Å². The molecule has 1 aliphatic heterocycles. The molecule has 2 N–H and O–H groups in total. The maximum atomic E-state index is 12.1. The highest BCUT2D eigenvalue weighted by molar-refractivity contribution is 5.90. The van der Waals surface area contributed by atoms with Crippen LogP contribution in [0.1, 0.15) is 18.4 Å². The summed E-state index contributed by atoms with van der Waals surface area (Å²) in [6.45, 7) is 3.66. The lowest BCUT2D eigenvalue weighted by atomic mass is 9.98. The zero-order valence-electron chi connectivity index (χ0n) is 10.7. The van der Waals surface area contributed by atoms with Gasteiger partial charge in [-0.05, 0) is 37.3 Å². The average molecular weight is 248 g/mol. The molecule has 0 radical (unpaired) electrons. The van der Waals surface area contributed by atoms with Crippen LogP contribution in [-0.4, -0.2) is 35.7 Å². The maximum Gasteiger partial charge on any atom is 0.321 e. The quantitative estimate of drug-likeness (QED) is 0.843. The number of nitrogens with one attached hydrogen (secondary N) is 1. The average Bonchev–Trinajstić information content (AvgIpc) is 2.41. The number of urea groups is 1. The largest absolute Gasteiger partial charge is 0.396 e. The first-order chi connectivity index (χ1) is 8.70. The highest BCUT2D eigenvalue weighted by Gasteiger charge is 2.22. The molecule has 1 saturated heterocycles. The number of para-hydroxylation sites is 1. The van der Waals surface area contributed by atoms with Crippen LogP contribution in [0.15, 0.2) is 24.3 Å². The Labute approximate surface area is 108 Å². The number of carbonyl (C=O) groups excluding carboxylic acids is 1. The van der Waals surface area contributed by atoms with Crippen LogP contribution in [0.5, 0.6) is 0 Å². The number of nitrogens with zero attached hydrogens (tertiary/aromatic N) is 1. The van der Waals surface area contributed by atoms with Gasteiger partial charge in [0.15, 0.2) is 0 Å². The number of hydrogen-bond acceptors (Lipinski definition) is 2. The van der Waals surface area contributed by atoms with E-state index in [0.717, 1.165) is 37.2 Å². The summed E-state index contributed by atoms with van der Waals surface area (Å²) in [6, 6.07) is 7.72. The van der Waals surface area contributed by atoms with Gasteiger partial charge in [-0.25, -0.2) is 4.79 Å². The van der Waals surface area contributed by atoms with Crippen LogP contribution in [0, 0.1) is 12.8 Å². The Kier molecular flexibility index (Phi) is 4.20. The van der Waals surface area contributed by atoms with Crippen molar-refractivity contribution in [3.63, 3.8) is 0 Å². The monoisotopic (exact) mass is 248 g/mol. The summed E-state index contributed by atoms with van der Waals surface area (Å²) in [5.41, 5.74) is 1.93. The van der Waals surface area contributed by atoms with Crippen molar-refractivity contribution in [3.8, 4) is 0 Å². The van der Waals surface area contributed by atoms with E-state index in [2.05, 4.69) is 5.32 Å². The lowest BCUT2D eigenvalue weighted by molar-refractivity contribution is 0.143. The summed E-state index contributed by atoms with van der Waals surface area (Å²) in [4.78, 5) is 13.9. The molecular formula is C14H20N2O2. The highest BCUT2D eigenvalue weighted by Crippen LogP contribution is 2.18. The number of aliphatic hydroxyl groups excluding tert-OH is 1. The van der Waals surface area contributed by atoms with E-state index in [4.69, 9.17) is 5.11 Å². The molecule has 0 saturated carbocycles. The van der Waals surface area contributed by atoms with Crippen molar-refractivity contribution in [2.24, 2.45) is 5.92 Å². The van der Waals surface area contributed by atoms with Gasteiger partial charge >= 0.3 is 6.03 Å². The molecule has 1 aromatic carbocycles. The third kappa shape index (κ3) is 3.01. The fourth-order valence-corrected chi connectivity index (χ4v) is 2.23. The molecule has 0 aromatic heterocycles. The zero-order valence-corrected chi connectivity index (χ0v) is 10.7. The van der Waals surface area contributed by atoms with Gasteiger partial charge in [0.1, 0.15) is 0 Å². The molecule has 2 rings (SSSR count). The van der Waals surface area contributed by atoms with E-state index >= 15 is 0 Å². The molecule has 1 aliphatic rings. The van der Waals surface area contributed by atoms with Crippen LogP contribution < -0.4 is 5.32 Å². The molecule has 0 bridgehead atoms. The van der Waals surface area contributed by atoms with Crippen LogP contribution in [-0.2, 0) is 0 Å². The molecule has 18 heavy (non-hydrogen) atoms. The number of piperidine rings is 1. The van der Waals surface area contributed by atoms with E-state index in [1.165, 1.54) is 0 Å². The number of amides is 2. The first kappa shape index (κ1) is 12.9. The number of benzene rings is 1. The predicted octanol–water partition coefficient (Wildman–Crippen LogP) is 2.23. The van der Waals surface area contributed by atoms with Crippen LogP contribution in [0.3, 0.4) is 0 Å². The van der Waals surface area contributed by atoms with Gasteiger partial charge in [0.05, 0.1) is 0 Å². The lowest BCUT2D eigenvalue weighted by Gasteiger charge is -2.31. The third-order valence-corrected chi connectivity index (χ3v) is 3.55. The van der Waals surface area contributed by atoms with Gasteiger partial charge in [0, 0.05) is 25.4 Å². The number of aryl methyl sites for hydroxylation is 1. The molecule has 0 spiro atoms. The van der Waals surface area contributed by atoms with Gasteiger partial charge < -0.3 is 15.3 Å². The molecule has 2 amide bonds. The molecule has 0 aliphatic carbocycles. The highest BCUT2D eigenvalue weighted by atomic mass is 16.3. The zero-order chi connectivity index (χ0) is 13.0. The fraction of sp³-hybridized carbons (Fsp3) is 0.500. The number of hydrogen-bond donors (Lipinski definition) is 2. The molecular weight excluding hydrogens is 228 g/mol. The van der Waals surface area contributed by atoms with Crippen LogP contribution in [0.2, 0.25) is 0 Å². The molecule has 4 nitrogen and oxygen atoms in total. The van der Waals surface area contributed by atoms with E-state index in [0.29, 0.717) is 5.92 Å². The Morgan fingerprint density at radius 2 is 2.06 bits per heavy atom. The second-order valence-electron chi connectivity index (χ2n) is 4.86. The van der Waals surface area contributed by atoms with Gasteiger partial charge in [-0.1, -0.05) is 18.2 Å². The summed E-state index contributed by atoms with van der Waals surface area (Å²) in [6.07, 6.45) is 1.77. The summed E-state index contributed by atoms with van der Waals surface area (Å²) >= 11 is 0. The van der Waals surface area contributed by atoms with Crippen LogP contribution in [0.25, 0.3) is 0 Å². The SMILES string of the molecule is Cc1ccccc1NC(=O)N1CCC(CO)CC1. The van der Waals surface area contributed by atoms with Gasteiger partial charge in [0.2, 0.25) is 0 Å². The van der Waals surface area contributed by atoms with E-state index in [9.17, 15) is 4.79 Å². The topological polar surface area (TPSA) is 52.6 Å². The molecule has 0 unspecified atom stereocenters. The maximum absolute atomic E-state index is 12.1. The number of rotatable bonds is 2. The minimum atomic E-state index is -0.0410. The molecule has 1 heterocycles. The number of carbonyl (C=O) groups is 1. The molecule has 98 valence electrons. The molecule has 0 atom stereocenters. The van der Waals surface area contributed by atoms with E-state index in [1.54, 1.807) is 0 Å². The minimum absolute atomic E-state index is 0.0410. The fourth-order valence-electron chi connectivity index (χ4n) is 2.23. The van der Waals surface area contributed by atoms with Crippen LogP contribution in [0.4, 0.5) is 10.5 Å². The Bertz CT molecular complexity index is 412. The third-order valence-electron chi connectivity index (χ3n) is 3.55. The Hall–Kier alpha value is -1.55. The van der Waals surface area contributed by atoms with Crippen molar-refractivity contribution in [2.75, 3.05) is 25.0 Å². The van der Waals surface area contributed by atoms with Gasteiger partial charge in [0.25, 0.3) is 0 Å². The number of anilines is 1. The van der Waals surface area contributed by atoms with E-state index < -0.39 is 0 Å². The van der Waals surface area contributed by atoms with Gasteiger partial charge in [-0.2, -0.15) is 0 Å². The number of likely N-dealkylation sites (tertiary alicyclic amines) is 1. The van der Waals surface area contributed by atoms with Crippen molar-refractivity contribution in [2.45, 2.75) is 19.8 Å². The van der Waals surface area contributed by atoms with Crippen molar-refractivity contribution >= 4 is 11.7 Å². The Morgan fingerprint density at radius 3 is 2.67 bits per heavy atom. The number of aliphatic hydroxyl groups is 1. The first-order valence-corrected chi connectivity index (χ1v) is 6.43. The minimum Gasteiger partial charge on any atom is -0.396 e. The molecule has 1 aromatic rings. The summed E-state index contributed by atoms with van der Waals surface area (Å²) < 4.78 is 0. The van der Waals surface area contributed by atoms with Crippen molar-refractivity contribution < 1.29 is 9.90 Å². The molecule has 4 heteroatoms. The summed E-state index contributed by atoms with van der Waals surface area (Å²) in [7, 11) is 0. The second kappa shape index (κ2) is 5.87. The first-order valence-electron chi connectivity index (χ1n) is 6.43. The Balaban J connectivity index is 1.91. The van der Waals surface area contributed by atoms with E-state index in [-0.39, 0.29) is 12.6 Å². The summed E-state index contributed by atoms with van der Waals surface area (Å²) in [5, 5.41) is 12.0. The predicted molar refractivity (Wildman–Crippen MR) is 71.6 cm³/mol. The van der Waals surface area contributed by atoms with Crippen molar-refractivity contribution in [1.29, 1.82) is 0 Å². The van der Waals surface area contributed by atoms with Crippen molar-refractivity contribution in [3.05, 3.63) is 29.8 Å². The van der Waals surface area contributed by atoms with Gasteiger partial charge in [-0.15, -0.1) is 0 Å². The van der Waals surface area contributed by atoms with E-state index in [1.807, 2.05) is 36.1 Å². The van der Waals surface area contributed by atoms with Gasteiger partial charge in [-0.3, -0.25) is 0 Å². The normalized spacial score (nSPS) is 16.7. The van der Waals surface area contributed by atoms with Crippen LogP contribution >= 0.6 is 0 Å². The summed E-state index contributed by atoms with van der Waals surface area (Å²) in [5.74, 6) is 0.354. The lowest BCUT2D eigenvalue weighted by Crippen LogP contribution is -2.41. The standard InChI is InChI=1S/C14H20N2O2/c1-11-4-2-3-5-13(11)15-14(18)16-8-6-12(10-17)7-9-16/h2-5,12,17H,6-10H2,1H3,(H,15,18). The Morgan fingerprint density at radius 1 is 1.39 bits per heavy atom. The second-order valence-corrected chi connectivity index (χ2v) is 4.86.